The molecule has 1 saturated heterocycles. The number of nitrogens with one attached hydrogen (secondary N) is 1. The summed E-state index contributed by atoms with van der Waals surface area (Å²) in [6.45, 7) is 11.2. The van der Waals surface area contributed by atoms with Crippen LogP contribution in [0.15, 0.2) is 36.4 Å². The number of aliphatic hydroxyl groups is 1. The lowest BCUT2D eigenvalue weighted by Crippen LogP contribution is -2.44. The van der Waals surface area contributed by atoms with E-state index in [1.54, 1.807) is 0 Å². The van der Waals surface area contributed by atoms with Gasteiger partial charge < -0.3 is 19.9 Å². The maximum Gasteiger partial charge on any atom is 0.226 e. The Morgan fingerprint density at radius 2 is 1.94 bits per heavy atom. The Bertz CT molecular complexity index is 1230. The number of nitrogens with zero attached hydrogens (tertiary/aromatic N) is 3. The first-order chi connectivity index (χ1) is 16.8. The predicted octanol–water partition coefficient (Wildman–Crippen LogP) is 4.52. The van der Waals surface area contributed by atoms with Gasteiger partial charge in [-0.05, 0) is 80.0 Å². The monoisotopic (exact) mass is 474 g/mol. The van der Waals surface area contributed by atoms with Crippen molar-refractivity contribution in [3.05, 3.63) is 58.9 Å². The van der Waals surface area contributed by atoms with Crippen molar-refractivity contribution in [2.75, 3.05) is 31.6 Å². The third kappa shape index (κ3) is 4.87. The van der Waals surface area contributed by atoms with E-state index in [2.05, 4.69) is 59.0 Å². The second kappa shape index (κ2) is 9.75. The van der Waals surface area contributed by atoms with Crippen molar-refractivity contribution in [3.8, 4) is 0 Å². The first-order valence-electron chi connectivity index (χ1n) is 13.0. The van der Waals surface area contributed by atoms with Gasteiger partial charge in [-0.1, -0.05) is 26.0 Å². The molecule has 1 fully saturated rings. The fourth-order valence-electron chi connectivity index (χ4n) is 6.10. The van der Waals surface area contributed by atoms with Crippen LogP contribution in [0.3, 0.4) is 0 Å². The summed E-state index contributed by atoms with van der Waals surface area (Å²) in [5.41, 5.74) is 7.12. The van der Waals surface area contributed by atoms with Crippen LogP contribution in [0, 0.1) is 31.6 Å². The molecule has 2 aromatic carbocycles. The summed E-state index contributed by atoms with van der Waals surface area (Å²) in [6.07, 6.45) is 3.16. The SMILES string of the molecule is Cc1ccc2c(c1)nc(C)n2[C@@H]1CCN(C[C@@H]2Cc3ccc(NC(=O)C(C)C)cc3C2)C[C@H]1CO. The van der Waals surface area contributed by atoms with Crippen molar-refractivity contribution in [3.63, 3.8) is 0 Å². The van der Waals surface area contributed by atoms with Crippen molar-refractivity contribution in [2.24, 2.45) is 17.8 Å². The average Bonchev–Trinajstić information content (AvgIpc) is 3.37. The van der Waals surface area contributed by atoms with E-state index in [-0.39, 0.29) is 30.4 Å². The first-order valence-corrected chi connectivity index (χ1v) is 13.0. The van der Waals surface area contributed by atoms with Crippen molar-refractivity contribution in [1.82, 2.24) is 14.5 Å². The molecule has 3 aromatic rings. The summed E-state index contributed by atoms with van der Waals surface area (Å²) >= 11 is 0. The molecule has 0 spiro atoms. The molecule has 0 bridgehead atoms. The highest BCUT2D eigenvalue weighted by atomic mass is 16.3. The number of imidazole rings is 1. The highest BCUT2D eigenvalue weighted by molar-refractivity contribution is 5.92. The van der Waals surface area contributed by atoms with Crippen LogP contribution in [0.1, 0.15) is 48.8 Å². The molecule has 2 N–H and O–H groups in total. The summed E-state index contributed by atoms with van der Waals surface area (Å²) in [5.74, 6) is 1.85. The molecule has 0 saturated carbocycles. The van der Waals surface area contributed by atoms with Crippen molar-refractivity contribution in [1.29, 1.82) is 0 Å². The quantitative estimate of drug-likeness (QED) is 0.551. The lowest BCUT2D eigenvalue weighted by atomic mass is 9.91. The van der Waals surface area contributed by atoms with Crippen LogP contribution < -0.4 is 5.32 Å². The number of hydrogen-bond donors (Lipinski definition) is 2. The minimum atomic E-state index is -0.0217. The number of piperidine rings is 1. The number of fused-ring (bicyclic) bond motifs is 2. The number of rotatable bonds is 6. The molecular weight excluding hydrogens is 436 g/mol. The van der Waals surface area contributed by atoms with Gasteiger partial charge in [0, 0.05) is 49.8 Å². The van der Waals surface area contributed by atoms with Gasteiger partial charge in [-0.25, -0.2) is 4.98 Å². The zero-order chi connectivity index (χ0) is 24.7. The van der Waals surface area contributed by atoms with E-state index < -0.39 is 0 Å². The summed E-state index contributed by atoms with van der Waals surface area (Å²) in [5, 5.41) is 13.4. The topological polar surface area (TPSA) is 70.4 Å². The van der Waals surface area contributed by atoms with Crippen molar-refractivity contribution >= 4 is 22.6 Å². The number of hydrogen-bond acceptors (Lipinski definition) is 4. The van der Waals surface area contributed by atoms with Crippen LogP contribution in [-0.4, -0.2) is 51.7 Å². The Balaban J connectivity index is 1.24. The van der Waals surface area contributed by atoms with Crippen molar-refractivity contribution in [2.45, 2.75) is 53.0 Å². The van der Waals surface area contributed by atoms with Gasteiger partial charge in [-0.3, -0.25) is 4.79 Å². The van der Waals surface area contributed by atoms with Crippen LogP contribution >= 0.6 is 0 Å². The number of benzene rings is 2. The van der Waals surface area contributed by atoms with E-state index in [1.165, 1.54) is 22.2 Å². The molecular formula is C29H38N4O2. The van der Waals surface area contributed by atoms with E-state index >= 15 is 0 Å². The molecule has 6 nitrogen and oxygen atoms in total. The van der Waals surface area contributed by atoms with E-state index in [0.717, 1.165) is 55.9 Å². The number of aromatic nitrogens is 2. The van der Waals surface area contributed by atoms with E-state index in [1.807, 2.05) is 19.9 Å². The maximum atomic E-state index is 12.1. The van der Waals surface area contributed by atoms with E-state index in [4.69, 9.17) is 4.98 Å². The van der Waals surface area contributed by atoms with Crippen LogP contribution in [-0.2, 0) is 17.6 Å². The molecule has 5 rings (SSSR count). The van der Waals surface area contributed by atoms with Crippen molar-refractivity contribution < 1.29 is 9.90 Å². The van der Waals surface area contributed by atoms with E-state index in [0.29, 0.717) is 5.92 Å². The number of aliphatic hydroxyl groups excluding tert-OH is 1. The summed E-state index contributed by atoms with van der Waals surface area (Å²) in [7, 11) is 0. The second-order valence-electron chi connectivity index (χ2n) is 11.0. The molecule has 186 valence electrons. The third-order valence-electron chi connectivity index (χ3n) is 7.90. The normalized spacial score (nSPS) is 22.6. The van der Waals surface area contributed by atoms with Gasteiger partial charge in [0.1, 0.15) is 5.82 Å². The number of anilines is 1. The Labute approximate surface area is 208 Å². The Hall–Kier alpha value is -2.70. The average molecular weight is 475 g/mol. The molecule has 2 heterocycles. The molecule has 3 atom stereocenters. The molecule has 6 heteroatoms. The van der Waals surface area contributed by atoms with Crippen LogP contribution in [0.4, 0.5) is 5.69 Å². The highest BCUT2D eigenvalue weighted by Gasteiger charge is 2.33. The summed E-state index contributed by atoms with van der Waals surface area (Å²) in [4.78, 5) is 19.4. The lowest BCUT2D eigenvalue weighted by molar-refractivity contribution is -0.118. The number of aryl methyl sites for hydroxylation is 2. The van der Waals surface area contributed by atoms with Crippen LogP contribution in [0.5, 0.6) is 0 Å². The summed E-state index contributed by atoms with van der Waals surface area (Å²) in [6, 6.07) is 13.1. The Morgan fingerprint density at radius 3 is 2.71 bits per heavy atom. The van der Waals surface area contributed by atoms with Gasteiger partial charge in [-0.2, -0.15) is 0 Å². The Morgan fingerprint density at radius 1 is 1.14 bits per heavy atom. The third-order valence-corrected chi connectivity index (χ3v) is 7.90. The standard InChI is InChI=1S/C29H38N4O2/c1-18(2)29(35)31-25-7-6-22-12-21(13-23(22)14-25)15-32-10-9-27(24(16-32)17-34)33-20(4)30-26-11-19(3)5-8-28(26)33/h5-8,11,14,18,21,24,27,34H,9-10,12-13,15-17H2,1-4H3,(H,31,35)/t21-,24+,27-/m1/s1. The van der Waals surface area contributed by atoms with Crippen LogP contribution in [0.25, 0.3) is 11.0 Å². The zero-order valence-corrected chi connectivity index (χ0v) is 21.4. The predicted molar refractivity (Wildman–Crippen MR) is 141 cm³/mol. The van der Waals surface area contributed by atoms with Gasteiger partial charge >= 0.3 is 0 Å². The largest absolute Gasteiger partial charge is 0.396 e. The molecule has 35 heavy (non-hydrogen) atoms. The molecule has 1 aromatic heterocycles. The first kappa shape index (κ1) is 24.0. The van der Waals surface area contributed by atoms with Gasteiger partial charge in [0.15, 0.2) is 0 Å². The molecule has 0 unspecified atom stereocenters. The van der Waals surface area contributed by atoms with Gasteiger partial charge in [0.05, 0.1) is 11.0 Å². The Kier molecular flexibility index (Phi) is 6.69. The number of amides is 1. The minimum absolute atomic E-state index is 0.0217. The van der Waals surface area contributed by atoms with Crippen LogP contribution in [0.2, 0.25) is 0 Å². The fraction of sp³-hybridized carbons (Fsp3) is 0.517. The minimum Gasteiger partial charge on any atom is -0.396 e. The number of carbonyl (C=O) groups is 1. The van der Waals surface area contributed by atoms with Gasteiger partial charge in [-0.15, -0.1) is 0 Å². The number of carbonyl (C=O) groups excluding carboxylic acids is 1. The van der Waals surface area contributed by atoms with Gasteiger partial charge in [0.2, 0.25) is 5.91 Å². The molecule has 2 aliphatic rings. The smallest absolute Gasteiger partial charge is 0.226 e. The fourth-order valence-corrected chi connectivity index (χ4v) is 6.10. The molecule has 1 aliphatic heterocycles. The number of likely N-dealkylation sites (tertiary alicyclic amines) is 1. The second-order valence-corrected chi connectivity index (χ2v) is 11.0. The van der Waals surface area contributed by atoms with E-state index in [9.17, 15) is 9.90 Å². The zero-order valence-electron chi connectivity index (χ0n) is 21.4. The summed E-state index contributed by atoms with van der Waals surface area (Å²) < 4.78 is 2.37. The highest BCUT2D eigenvalue weighted by Crippen LogP contribution is 2.35. The lowest BCUT2D eigenvalue weighted by Gasteiger charge is -2.40. The van der Waals surface area contributed by atoms with Gasteiger partial charge in [0.25, 0.3) is 0 Å². The molecule has 1 amide bonds. The molecule has 1 aliphatic carbocycles. The molecule has 0 radical (unpaired) electrons. The maximum absolute atomic E-state index is 12.1.